The second-order valence-corrected chi connectivity index (χ2v) is 5.73. The molecule has 1 saturated heterocycles. The van der Waals surface area contributed by atoms with Gasteiger partial charge in [-0.05, 0) is 37.8 Å². The van der Waals surface area contributed by atoms with E-state index in [0.717, 1.165) is 12.8 Å². The number of rotatable bonds is 3. The quantitative estimate of drug-likeness (QED) is 0.917. The van der Waals surface area contributed by atoms with Gasteiger partial charge < -0.3 is 15.0 Å². The molecule has 1 N–H and O–H groups in total. The van der Waals surface area contributed by atoms with Crippen molar-refractivity contribution in [1.82, 2.24) is 5.32 Å². The van der Waals surface area contributed by atoms with Crippen LogP contribution in [0.15, 0.2) is 18.2 Å². The van der Waals surface area contributed by atoms with Crippen LogP contribution in [0.1, 0.15) is 19.8 Å². The van der Waals surface area contributed by atoms with Gasteiger partial charge in [-0.1, -0.05) is 0 Å². The molecule has 1 aliphatic carbocycles. The molecule has 0 aromatic heterocycles. The molecule has 112 valence electrons. The normalized spacial score (nSPS) is 25.8. The highest BCUT2D eigenvalue weighted by atomic mass is 19.1. The number of methoxy groups -OCH3 is 1. The molecule has 1 saturated carbocycles. The van der Waals surface area contributed by atoms with Crippen LogP contribution in [0.3, 0.4) is 0 Å². The number of hydrogen-bond acceptors (Lipinski definition) is 3. The highest BCUT2D eigenvalue weighted by molar-refractivity contribution is 6.09. The fraction of sp³-hybridized carbons (Fsp3) is 0.467. The zero-order chi connectivity index (χ0) is 15.2. The summed E-state index contributed by atoms with van der Waals surface area (Å²) in [6.45, 7) is 1.70. The fourth-order valence-electron chi connectivity index (χ4n) is 2.84. The molecule has 2 fully saturated rings. The molecule has 2 amide bonds. The molecule has 0 spiro atoms. The standard InChI is InChI=1S/C15H17FN2O3/c1-15(9-3-4-9)14(20)18(8-13(19)17-15)10-5-6-11(16)12(7-10)21-2/h5-7,9H,3-4,8H2,1-2H3,(H,17,19). The predicted molar refractivity (Wildman–Crippen MR) is 74.6 cm³/mol. The molecule has 1 aromatic rings. The van der Waals surface area contributed by atoms with Gasteiger partial charge in [0, 0.05) is 11.8 Å². The van der Waals surface area contributed by atoms with E-state index in [1.807, 2.05) is 0 Å². The Kier molecular flexibility index (Phi) is 3.11. The van der Waals surface area contributed by atoms with Crippen LogP contribution < -0.4 is 15.0 Å². The van der Waals surface area contributed by atoms with Crippen LogP contribution in [-0.2, 0) is 9.59 Å². The maximum atomic E-state index is 13.5. The molecule has 2 aliphatic rings. The van der Waals surface area contributed by atoms with Gasteiger partial charge in [-0.25, -0.2) is 4.39 Å². The zero-order valence-electron chi connectivity index (χ0n) is 12.0. The van der Waals surface area contributed by atoms with Crippen molar-refractivity contribution in [2.45, 2.75) is 25.3 Å². The third kappa shape index (κ3) is 2.24. The Hall–Kier alpha value is -2.11. The van der Waals surface area contributed by atoms with Crippen molar-refractivity contribution in [2.24, 2.45) is 5.92 Å². The predicted octanol–water partition coefficient (Wildman–Crippen LogP) is 1.47. The Labute approximate surface area is 122 Å². The topological polar surface area (TPSA) is 58.6 Å². The number of amides is 2. The van der Waals surface area contributed by atoms with Gasteiger partial charge in [0.05, 0.1) is 7.11 Å². The summed E-state index contributed by atoms with van der Waals surface area (Å²) in [7, 11) is 1.36. The summed E-state index contributed by atoms with van der Waals surface area (Å²) in [5, 5.41) is 2.81. The second-order valence-electron chi connectivity index (χ2n) is 5.73. The van der Waals surface area contributed by atoms with Crippen LogP contribution in [0, 0.1) is 11.7 Å². The number of nitrogens with zero attached hydrogens (tertiary/aromatic N) is 1. The first-order valence-electron chi connectivity index (χ1n) is 6.92. The van der Waals surface area contributed by atoms with Gasteiger partial charge in [-0.2, -0.15) is 0 Å². The molecule has 5 nitrogen and oxygen atoms in total. The van der Waals surface area contributed by atoms with Crippen LogP contribution >= 0.6 is 0 Å². The van der Waals surface area contributed by atoms with Crippen molar-refractivity contribution in [1.29, 1.82) is 0 Å². The largest absolute Gasteiger partial charge is 0.494 e. The Morgan fingerprint density at radius 2 is 2.10 bits per heavy atom. The maximum Gasteiger partial charge on any atom is 0.253 e. The molecule has 1 heterocycles. The van der Waals surface area contributed by atoms with E-state index in [1.54, 1.807) is 6.92 Å². The number of nitrogens with one attached hydrogen (secondary N) is 1. The first kappa shape index (κ1) is 13.9. The Bertz CT molecular complexity index is 615. The number of halogens is 1. The summed E-state index contributed by atoms with van der Waals surface area (Å²) in [6.07, 6.45) is 1.87. The van der Waals surface area contributed by atoms with Crippen LogP contribution in [0.2, 0.25) is 0 Å². The van der Waals surface area contributed by atoms with Crippen LogP contribution in [0.25, 0.3) is 0 Å². The van der Waals surface area contributed by atoms with Crippen molar-refractivity contribution in [2.75, 3.05) is 18.6 Å². The average Bonchev–Trinajstić information content (AvgIpc) is 3.28. The minimum Gasteiger partial charge on any atom is -0.494 e. The highest BCUT2D eigenvalue weighted by Crippen LogP contribution is 2.42. The number of benzene rings is 1. The molecule has 3 rings (SSSR count). The van der Waals surface area contributed by atoms with Crippen LogP contribution in [-0.4, -0.2) is 31.0 Å². The van der Waals surface area contributed by atoms with E-state index in [-0.39, 0.29) is 30.0 Å². The molecule has 1 aromatic carbocycles. The number of ether oxygens (including phenoxy) is 1. The molecule has 1 unspecified atom stereocenters. The third-order valence-electron chi connectivity index (χ3n) is 4.23. The SMILES string of the molecule is COc1cc(N2CC(=O)NC(C)(C3CC3)C2=O)ccc1F. The highest BCUT2D eigenvalue weighted by Gasteiger charge is 2.52. The summed E-state index contributed by atoms with van der Waals surface area (Å²) in [4.78, 5) is 26.1. The molecule has 0 radical (unpaired) electrons. The summed E-state index contributed by atoms with van der Waals surface area (Å²) < 4.78 is 18.4. The molecule has 6 heteroatoms. The summed E-state index contributed by atoms with van der Waals surface area (Å²) in [5.74, 6) is -0.621. The number of carbonyl (C=O) groups excluding carboxylic acids is 2. The zero-order valence-corrected chi connectivity index (χ0v) is 12.0. The van der Waals surface area contributed by atoms with Gasteiger partial charge in [-0.3, -0.25) is 9.59 Å². The third-order valence-corrected chi connectivity index (χ3v) is 4.23. The molecule has 1 aliphatic heterocycles. The minimum atomic E-state index is -0.864. The van der Waals surface area contributed by atoms with Gasteiger partial charge in [0.15, 0.2) is 11.6 Å². The fourth-order valence-corrected chi connectivity index (χ4v) is 2.84. The summed E-state index contributed by atoms with van der Waals surface area (Å²) in [6, 6.07) is 4.17. The van der Waals surface area contributed by atoms with Gasteiger partial charge in [-0.15, -0.1) is 0 Å². The lowest BCUT2D eigenvalue weighted by atomic mass is 9.91. The van der Waals surface area contributed by atoms with Crippen molar-refractivity contribution >= 4 is 17.5 Å². The lowest BCUT2D eigenvalue weighted by Crippen LogP contribution is -2.66. The molecular weight excluding hydrogens is 275 g/mol. The van der Waals surface area contributed by atoms with Crippen molar-refractivity contribution in [3.63, 3.8) is 0 Å². The molecular formula is C15H17FN2O3. The smallest absolute Gasteiger partial charge is 0.253 e. The van der Waals surface area contributed by atoms with Crippen molar-refractivity contribution in [3.05, 3.63) is 24.0 Å². The summed E-state index contributed by atoms with van der Waals surface area (Å²) >= 11 is 0. The Morgan fingerprint density at radius 3 is 2.71 bits per heavy atom. The molecule has 1 atom stereocenters. The van der Waals surface area contributed by atoms with Gasteiger partial charge in [0.2, 0.25) is 5.91 Å². The van der Waals surface area contributed by atoms with Crippen molar-refractivity contribution < 1.29 is 18.7 Å². The molecule has 0 bridgehead atoms. The monoisotopic (exact) mass is 292 g/mol. The van der Waals surface area contributed by atoms with E-state index in [2.05, 4.69) is 5.32 Å². The average molecular weight is 292 g/mol. The van der Waals surface area contributed by atoms with E-state index >= 15 is 0 Å². The number of piperazine rings is 1. The Morgan fingerprint density at radius 1 is 1.38 bits per heavy atom. The van der Waals surface area contributed by atoms with E-state index < -0.39 is 11.4 Å². The number of carbonyl (C=O) groups is 2. The minimum absolute atomic E-state index is 0.0550. The number of anilines is 1. The lowest BCUT2D eigenvalue weighted by molar-refractivity contribution is -0.136. The Balaban J connectivity index is 1.97. The molecule has 21 heavy (non-hydrogen) atoms. The lowest BCUT2D eigenvalue weighted by Gasteiger charge is -2.40. The summed E-state index contributed by atoms with van der Waals surface area (Å²) in [5.41, 5.74) is -0.392. The van der Waals surface area contributed by atoms with Gasteiger partial charge in [0.25, 0.3) is 5.91 Å². The first-order valence-corrected chi connectivity index (χ1v) is 6.92. The van der Waals surface area contributed by atoms with Gasteiger partial charge >= 0.3 is 0 Å². The van der Waals surface area contributed by atoms with E-state index in [4.69, 9.17) is 4.74 Å². The van der Waals surface area contributed by atoms with Gasteiger partial charge in [0.1, 0.15) is 12.1 Å². The van der Waals surface area contributed by atoms with E-state index in [9.17, 15) is 14.0 Å². The van der Waals surface area contributed by atoms with E-state index in [0.29, 0.717) is 5.69 Å². The van der Waals surface area contributed by atoms with Crippen LogP contribution in [0.4, 0.5) is 10.1 Å². The van der Waals surface area contributed by atoms with Crippen molar-refractivity contribution in [3.8, 4) is 5.75 Å². The second kappa shape index (κ2) is 4.72. The number of hydrogen-bond donors (Lipinski definition) is 1. The maximum absolute atomic E-state index is 13.5. The van der Waals surface area contributed by atoms with Crippen LogP contribution in [0.5, 0.6) is 5.75 Å². The van der Waals surface area contributed by atoms with E-state index in [1.165, 1.54) is 30.2 Å². The first-order chi connectivity index (χ1) is 9.95.